The van der Waals surface area contributed by atoms with Crippen LogP contribution in [0.2, 0.25) is 0 Å². The summed E-state index contributed by atoms with van der Waals surface area (Å²) >= 11 is 0. The van der Waals surface area contributed by atoms with E-state index in [9.17, 15) is 8.42 Å². The second-order valence-corrected chi connectivity index (χ2v) is 7.33. The Balaban J connectivity index is 1.97. The van der Waals surface area contributed by atoms with Gasteiger partial charge in [-0.25, -0.2) is 8.42 Å². The lowest BCUT2D eigenvalue weighted by Gasteiger charge is -2.10. The SMILES string of the molecule is NCc1ccc(CS(=O)(=O)CC2CCCC2)cc1. The quantitative estimate of drug-likeness (QED) is 0.890. The molecule has 0 unspecified atom stereocenters. The van der Waals surface area contributed by atoms with Crippen molar-refractivity contribution in [3.8, 4) is 0 Å². The van der Waals surface area contributed by atoms with Gasteiger partial charge in [0.1, 0.15) is 0 Å². The van der Waals surface area contributed by atoms with Crippen molar-refractivity contribution in [2.45, 2.75) is 38.0 Å². The van der Waals surface area contributed by atoms with Gasteiger partial charge in [0.05, 0.1) is 11.5 Å². The maximum atomic E-state index is 12.1. The Morgan fingerprint density at radius 2 is 1.61 bits per heavy atom. The van der Waals surface area contributed by atoms with Crippen molar-refractivity contribution in [3.63, 3.8) is 0 Å². The second-order valence-electron chi connectivity index (χ2n) is 5.23. The minimum absolute atomic E-state index is 0.161. The van der Waals surface area contributed by atoms with E-state index in [4.69, 9.17) is 5.73 Å². The first-order chi connectivity index (χ1) is 8.59. The molecule has 4 heteroatoms. The largest absolute Gasteiger partial charge is 0.326 e. The summed E-state index contributed by atoms with van der Waals surface area (Å²) in [7, 11) is -2.97. The van der Waals surface area contributed by atoms with E-state index in [1.165, 1.54) is 12.8 Å². The molecule has 0 bridgehead atoms. The van der Waals surface area contributed by atoms with Crippen LogP contribution in [0.5, 0.6) is 0 Å². The van der Waals surface area contributed by atoms with Crippen molar-refractivity contribution in [2.75, 3.05) is 5.75 Å². The lowest BCUT2D eigenvalue weighted by atomic mass is 10.1. The average molecular weight is 267 g/mol. The highest BCUT2D eigenvalue weighted by molar-refractivity contribution is 7.90. The van der Waals surface area contributed by atoms with Gasteiger partial charge in [0.15, 0.2) is 9.84 Å². The molecule has 1 fully saturated rings. The van der Waals surface area contributed by atoms with Crippen LogP contribution in [0.25, 0.3) is 0 Å². The Morgan fingerprint density at radius 1 is 1.06 bits per heavy atom. The maximum Gasteiger partial charge on any atom is 0.154 e. The van der Waals surface area contributed by atoms with Gasteiger partial charge >= 0.3 is 0 Å². The van der Waals surface area contributed by atoms with Gasteiger partial charge in [-0.2, -0.15) is 0 Å². The summed E-state index contributed by atoms with van der Waals surface area (Å²) in [6, 6.07) is 7.55. The molecule has 0 amide bonds. The number of hydrogen-bond donors (Lipinski definition) is 1. The minimum atomic E-state index is -2.97. The lowest BCUT2D eigenvalue weighted by Crippen LogP contribution is -2.15. The van der Waals surface area contributed by atoms with Crippen molar-refractivity contribution in [2.24, 2.45) is 11.7 Å². The summed E-state index contributed by atoms with van der Waals surface area (Å²) in [6.45, 7) is 0.495. The first-order valence-electron chi connectivity index (χ1n) is 6.57. The first-order valence-corrected chi connectivity index (χ1v) is 8.39. The van der Waals surface area contributed by atoms with Crippen molar-refractivity contribution in [1.29, 1.82) is 0 Å². The van der Waals surface area contributed by atoms with Gasteiger partial charge < -0.3 is 5.73 Å². The molecule has 1 aliphatic carbocycles. The summed E-state index contributed by atoms with van der Waals surface area (Å²) in [5.41, 5.74) is 7.42. The van der Waals surface area contributed by atoms with Gasteiger partial charge in [-0.05, 0) is 29.9 Å². The van der Waals surface area contributed by atoms with Gasteiger partial charge in [-0.15, -0.1) is 0 Å². The molecule has 0 radical (unpaired) electrons. The van der Waals surface area contributed by atoms with Crippen LogP contribution in [-0.4, -0.2) is 14.2 Å². The molecule has 3 nitrogen and oxygen atoms in total. The van der Waals surface area contributed by atoms with Crippen LogP contribution in [-0.2, 0) is 22.1 Å². The van der Waals surface area contributed by atoms with Crippen molar-refractivity contribution < 1.29 is 8.42 Å². The Labute approximate surface area is 109 Å². The molecule has 1 aliphatic rings. The van der Waals surface area contributed by atoms with E-state index in [0.717, 1.165) is 24.0 Å². The summed E-state index contributed by atoms with van der Waals surface area (Å²) in [5.74, 6) is 0.901. The Morgan fingerprint density at radius 3 is 2.17 bits per heavy atom. The van der Waals surface area contributed by atoms with Gasteiger partial charge in [-0.1, -0.05) is 37.1 Å². The summed E-state index contributed by atoms with van der Waals surface area (Å²) in [6.07, 6.45) is 4.52. The third kappa shape index (κ3) is 3.82. The first kappa shape index (κ1) is 13.6. The topological polar surface area (TPSA) is 60.2 Å². The molecule has 1 aromatic rings. The van der Waals surface area contributed by atoms with E-state index in [0.29, 0.717) is 18.2 Å². The molecule has 0 aliphatic heterocycles. The molecular formula is C14H21NO2S. The molecule has 0 aromatic heterocycles. The molecule has 0 atom stereocenters. The molecule has 1 aromatic carbocycles. The van der Waals surface area contributed by atoms with E-state index in [1.54, 1.807) is 0 Å². The van der Waals surface area contributed by atoms with Crippen LogP contribution in [0.15, 0.2) is 24.3 Å². The predicted molar refractivity (Wildman–Crippen MR) is 73.8 cm³/mol. The Kier molecular flexibility index (Phi) is 4.40. The van der Waals surface area contributed by atoms with Gasteiger partial charge in [-0.3, -0.25) is 0 Å². The van der Waals surface area contributed by atoms with Gasteiger partial charge in [0, 0.05) is 6.54 Å². The zero-order valence-corrected chi connectivity index (χ0v) is 11.5. The highest BCUT2D eigenvalue weighted by Gasteiger charge is 2.22. The second kappa shape index (κ2) is 5.85. The van der Waals surface area contributed by atoms with Crippen molar-refractivity contribution in [3.05, 3.63) is 35.4 Å². The lowest BCUT2D eigenvalue weighted by molar-refractivity contribution is 0.558. The van der Waals surface area contributed by atoms with Gasteiger partial charge in [0.25, 0.3) is 0 Å². The molecule has 0 spiro atoms. The number of rotatable bonds is 5. The molecule has 2 N–H and O–H groups in total. The number of hydrogen-bond acceptors (Lipinski definition) is 3. The molecule has 100 valence electrons. The van der Waals surface area contributed by atoms with Crippen molar-refractivity contribution in [1.82, 2.24) is 0 Å². The van der Waals surface area contributed by atoms with E-state index >= 15 is 0 Å². The normalized spacial score (nSPS) is 17.2. The zero-order valence-electron chi connectivity index (χ0n) is 10.6. The van der Waals surface area contributed by atoms with E-state index < -0.39 is 9.84 Å². The van der Waals surface area contributed by atoms with Gasteiger partial charge in [0.2, 0.25) is 0 Å². The molecule has 1 saturated carbocycles. The molecule has 18 heavy (non-hydrogen) atoms. The number of sulfone groups is 1. The summed E-state index contributed by atoms with van der Waals surface area (Å²) in [4.78, 5) is 0. The highest BCUT2D eigenvalue weighted by Crippen LogP contribution is 2.26. The van der Waals surface area contributed by atoms with E-state index in [2.05, 4.69) is 0 Å². The Bertz CT molecular complexity index is 473. The van der Waals surface area contributed by atoms with E-state index in [-0.39, 0.29) is 5.75 Å². The number of nitrogens with two attached hydrogens (primary N) is 1. The summed E-state index contributed by atoms with van der Waals surface area (Å²) in [5, 5.41) is 0. The van der Waals surface area contributed by atoms with Crippen LogP contribution < -0.4 is 5.73 Å². The van der Waals surface area contributed by atoms with Crippen molar-refractivity contribution >= 4 is 9.84 Å². The van der Waals surface area contributed by atoms with Crippen LogP contribution in [0.1, 0.15) is 36.8 Å². The standard InChI is InChI=1S/C14H21NO2S/c15-9-12-5-7-14(8-6-12)11-18(16,17)10-13-3-1-2-4-13/h5-8,13H,1-4,9-11,15H2. The zero-order chi connectivity index (χ0) is 13.0. The van der Waals surface area contributed by atoms with Crippen LogP contribution in [0.3, 0.4) is 0 Å². The fraction of sp³-hybridized carbons (Fsp3) is 0.571. The maximum absolute atomic E-state index is 12.1. The summed E-state index contributed by atoms with van der Waals surface area (Å²) < 4.78 is 24.2. The van der Waals surface area contributed by atoms with Crippen LogP contribution in [0.4, 0.5) is 0 Å². The third-order valence-electron chi connectivity index (χ3n) is 3.61. The van der Waals surface area contributed by atoms with E-state index in [1.807, 2.05) is 24.3 Å². The van der Waals surface area contributed by atoms with Crippen LogP contribution in [0, 0.1) is 5.92 Å². The highest BCUT2D eigenvalue weighted by atomic mass is 32.2. The fourth-order valence-corrected chi connectivity index (χ4v) is 4.49. The average Bonchev–Trinajstić information content (AvgIpc) is 2.81. The molecule has 0 heterocycles. The molecular weight excluding hydrogens is 246 g/mol. The molecule has 0 saturated heterocycles. The minimum Gasteiger partial charge on any atom is -0.326 e. The Hall–Kier alpha value is -0.870. The predicted octanol–water partition coefficient (Wildman–Crippen LogP) is 2.25. The smallest absolute Gasteiger partial charge is 0.154 e. The monoisotopic (exact) mass is 267 g/mol. The molecule has 2 rings (SSSR count). The van der Waals surface area contributed by atoms with Crippen LogP contribution >= 0.6 is 0 Å². The number of benzene rings is 1. The fourth-order valence-electron chi connectivity index (χ4n) is 2.62. The third-order valence-corrected chi connectivity index (χ3v) is 5.36.